The lowest BCUT2D eigenvalue weighted by Gasteiger charge is -2.18. The zero-order chi connectivity index (χ0) is 14.8. The number of thiophene rings is 1. The Hall–Kier alpha value is -0.560. The van der Waals surface area contributed by atoms with Crippen LogP contribution in [0.4, 0.5) is 0 Å². The average molecular weight is 332 g/mol. The molecule has 2 aromatic rings. The van der Waals surface area contributed by atoms with Crippen molar-refractivity contribution in [3.8, 4) is 0 Å². The molecular formula is C12H17N2O3PS2. The first-order valence-electron chi connectivity index (χ1n) is 6.12. The predicted octanol–water partition coefficient (Wildman–Crippen LogP) is 2.83. The molecule has 0 aliphatic rings. The lowest BCUT2D eigenvalue weighted by atomic mass is 10.4. The van der Waals surface area contributed by atoms with Gasteiger partial charge in [0, 0.05) is 33.8 Å². The SMILES string of the molecule is Cc1csc(CCN[C@H](c2ccc(C)s2)P(=O)(O)O)n1. The minimum atomic E-state index is -4.22. The van der Waals surface area contributed by atoms with Crippen LogP contribution in [0.5, 0.6) is 0 Å². The summed E-state index contributed by atoms with van der Waals surface area (Å²) in [6, 6.07) is 3.64. The number of aryl methyl sites for hydroxylation is 2. The number of aromatic nitrogens is 1. The van der Waals surface area contributed by atoms with E-state index >= 15 is 0 Å². The lowest BCUT2D eigenvalue weighted by molar-refractivity contribution is 0.349. The Kier molecular flexibility index (Phi) is 5.12. The average Bonchev–Trinajstić information content (AvgIpc) is 2.92. The summed E-state index contributed by atoms with van der Waals surface area (Å²) in [5, 5.41) is 5.91. The molecule has 0 bridgehead atoms. The maximum Gasteiger partial charge on any atom is 0.347 e. The minimum Gasteiger partial charge on any atom is -0.323 e. The Bertz CT molecular complexity index is 620. The largest absolute Gasteiger partial charge is 0.347 e. The van der Waals surface area contributed by atoms with Crippen LogP contribution in [0.3, 0.4) is 0 Å². The molecule has 0 amide bonds. The Labute approximate surface area is 125 Å². The molecule has 0 fully saturated rings. The number of hydrogen-bond acceptors (Lipinski definition) is 5. The molecule has 0 radical (unpaired) electrons. The molecule has 3 N–H and O–H groups in total. The van der Waals surface area contributed by atoms with Crippen LogP contribution in [0.1, 0.15) is 26.2 Å². The van der Waals surface area contributed by atoms with Crippen LogP contribution in [0.2, 0.25) is 0 Å². The first-order valence-corrected chi connectivity index (χ1v) is 9.50. The standard InChI is InChI=1S/C12H17N2O3PS2/c1-8-7-19-11(14-8)5-6-13-12(18(15,16)17)10-4-3-9(2)20-10/h3-4,7,12-13H,5-6H2,1-2H3,(H2,15,16,17)/t12-/m0/s1. The molecule has 8 heteroatoms. The summed E-state index contributed by atoms with van der Waals surface area (Å²) in [4.78, 5) is 25.0. The van der Waals surface area contributed by atoms with Crippen molar-refractivity contribution < 1.29 is 14.4 Å². The molecule has 1 atom stereocenters. The Balaban J connectivity index is 2.00. The van der Waals surface area contributed by atoms with Gasteiger partial charge in [-0.2, -0.15) is 0 Å². The molecule has 110 valence electrons. The van der Waals surface area contributed by atoms with Gasteiger partial charge in [0.15, 0.2) is 0 Å². The fourth-order valence-corrected chi connectivity index (χ4v) is 4.79. The van der Waals surface area contributed by atoms with Crippen molar-refractivity contribution in [3.63, 3.8) is 0 Å². The Morgan fingerprint density at radius 3 is 2.65 bits per heavy atom. The van der Waals surface area contributed by atoms with Gasteiger partial charge in [0.05, 0.1) is 5.01 Å². The summed E-state index contributed by atoms with van der Waals surface area (Å²) in [6.07, 6.45) is 0.666. The van der Waals surface area contributed by atoms with E-state index in [0.717, 1.165) is 15.6 Å². The van der Waals surface area contributed by atoms with Crippen LogP contribution < -0.4 is 5.32 Å². The molecule has 0 spiro atoms. The van der Waals surface area contributed by atoms with Crippen LogP contribution in [0.25, 0.3) is 0 Å². The Morgan fingerprint density at radius 1 is 1.40 bits per heavy atom. The Morgan fingerprint density at radius 2 is 2.15 bits per heavy atom. The number of nitrogens with one attached hydrogen (secondary N) is 1. The summed E-state index contributed by atoms with van der Waals surface area (Å²) >= 11 is 2.97. The molecule has 2 rings (SSSR count). The van der Waals surface area contributed by atoms with Crippen molar-refractivity contribution in [1.82, 2.24) is 10.3 Å². The van der Waals surface area contributed by atoms with Gasteiger partial charge in [-0.25, -0.2) is 4.98 Å². The van der Waals surface area contributed by atoms with Crippen molar-refractivity contribution >= 4 is 30.3 Å². The van der Waals surface area contributed by atoms with Gasteiger partial charge >= 0.3 is 7.60 Å². The van der Waals surface area contributed by atoms with Gasteiger partial charge < -0.3 is 9.79 Å². The third-order valence-corrected chi connectivity index (χ3v) is 6.11. The highest BCUT2D eigenvalue weighted by Gasteiger charge is 2.31. The summed E-state index contributed by atoms with van der Waals surface area (Å²) in [5.41, 5.74) is 0.977. The lowest BCUT2D eigenvalue weighted by Crippen LogP contribution is -2.23. The van der Waals surface area contributed by atoms with E-state index < -0.39 is 13.4 Å². The minimum absolute atomic E-state index is 0.486. The van der Waals surface area contributed by atoms with E-state index in [-0.39, 0.29) is 0 Å². The summed E-state index contributed by atoms with van der Waals surface area (Å²) in [7, 11) is -4.22. The fourth-order valence-electron chi connectivity index (χ4n) is 1.82. The second-order valence-electron chi connectivity index (χ2n) is 4.53. The smallest absolute Gasteiger partial charge is 0.323 e. The van der Waals surface area contributed by atoms with Crippen molar-refractivity contribution in [1.29, 1.82) is 0 Å². The number of rotatable bonds is 6. The van der Waals surface area contributed by atoms with Gasteiger partial charge in [0.2, 0.25) is 0 Å². The third-order valence-electron chi connectivity index (χ3n) is 2.71. The number of hydrogen-bond donors (Lipinski definition) is 3. The molecule has 0 aliphatic carbocycles. The molecule has 0 aromatic carbocycles. The topological polar surface area (TPSA) is 82.5 Å². The van der Waals surface area contributed by atoms with E-state index in [1.165, 1.54) is 11.3 Å². The second kappa shape index (κ2) is 6.47. The summed E-state index contributed by atoms with van der Waals surface area (Å²) in [5.74, 6) is -0.928. The maximum atomic E-state index is 11.6. The van der Waals surface area contributed by atoms with E-state index in [9.17, 15) is 14.4 Å². The second-order valence-corrected chi connectivity index (χ2v) is 8.48. The molecule has 2 heterocycles. The molecule has 0 aliphatic heterocycles. The molecule has 2 aromatic heterocycles. The van der Waals surface area contributed by atoms with Crippen molar-refractivity contribution in [2.75, 3.05) is 6.54 Å². The van der Waals surface area contributed by atoms with Crippen molar-refractivity contribution in [2.45, 2.75) is 26.1 Å². The highest BCUT2D eigenvalue weighted by molar-refractivity contribution is 7.52. The van der Waals surface area contributed by atoms with Crippen LogP contribution >= 0.6 is 30.3 Å². The van der Waals surface area contributed by atoms with Gasteiger partial charge in [-0.15, -0.1) is 22.7 Å². The first kappa shape index (κ1) is 15.8. The highest BCUT2D eigenvalue weighted by Crippen LogP contribution is 2.51. The molecule has 20 heavy (non-hydrogen) atoms. The van der Waals surface area contributed by atoms with E-state index in [1.54, 1.807) is 17.4 Å². The van der Waals surface area contributed by atoms with Gasteiger partial charge in [0.1, 0.15) is 5.78 Å². The van der Waals surface area contributed by atoms with Gasteiger partial charge in [-0.1, -0.05) is 0 Å². The van der Waals surface area contributed by atoms with Crippen molar-refractivity contribution in [3.05, 3.63) is 38.0 Å². The van der Waals surface area contributed by atoms with E-state index in [2.05, 4.69) is 10.3 Å². The van der Waals surface area contributed by atoms with E-state index in [1.807, 2.05) is 25.3 Å². The first-order chi connectivity index (χ1) is 9.36. The molecule has 0 saturated heterocycles. The van der Waals surface area contributed by atoms with E-state index in [0.29, 0.717) is 17.8 Å². The highest BCUT2D eigenvalue weighted by atomic mass is 32.1. The van der Waals surface area contributed by atoms with E-state index in [4.69, 9.17) is 0 Å². The maximum absolute atomic E-state index is 11.6. The monoisotopic (exact) mass is 332 g/mol. The van der Waals surface area contributed by atoms with Crippen LogP contribution in [-0.2, 0) is 11.0 Å². The van der Waals surface area contributed by atoms with Crippen LogP contribution in [0.15, 0.2) is 17.5 Å². The fraction of sp³-hybridized carbons (Fsp3) is 0.417. The van der Waals surface area contributed by atoms with Gasteiger partial charge in [-0.3, -0.25) is 9.88 Å². The third kappa shape index (κ3) is 4.22. The molecule has 0 saturated carbocycles. The normalized spacial score (nSPS) is 13.6. The zero-order valence-corrected chi connectivity index (χ0v) is 13.8. The summed E-state index contributed by atoms with van der Waals surface area (Å²) < 4.78 is 11.6. The number of thiazole rings is 1. The van der Waals surface area contributed by atoms with Crippen LogP contribution in [0, 0.1) is 13.8 Å². The van der Waals surface area contributed by atoms with Gasteiger partial charge in [0.25, 0.3) is 0 Å². The predicted molar refractivity (Wildman–Crippen MR) is 82.4 cm³/mol. The zero-order valence-electron chi connectivity index (χ0n) is 11.2. The van der Waals surface area contributed by atoms with Crippen LogP contribution in [-0.4, -0.2) is 21.3 Å². The summed E-state index contributed by atoms with van der Waals surface area (Å²) in [6.45, 7) is 4.34. The molecule has 0 unspecified atom stereocenters. The van der Waals surface area contributed by atoms with Crippen molar-refractivity contribution in [2.24, 2.45) is 0 Å². The van der Waals surface area contributed by atoms with Gasteiger partial charge in [-0.05, 0) is 26.0 Å². The molecular weight excluding hydrogens is 315 g/mol. The number of nitrogens with zero attached hydrogens (tertiary/aromatic N) is 1. The quantitative estimate of drug-likeness (QED) is 0.709. The molecule has 5 nitrogen and oxygen atoms in total.